The number of Topliss-reactive ketones (excluding diaryl/α,β-unsaturated/α-hetero) is 1. The monoisotopic (exact) mass is 366 g/mol. The van der Waals surface area contributed by atoms with Gasteiger partial charge < -0.3 is 4.74 Å². The average molecular weight is 366 g/mol. The standard InChI is InChI=1S/C23H23FO3/c1-16(25)27-22(18-6-3-2-4-7-18)15-12-17-8-5-9-21(17)23(26)19-10-13-20(24)14-11-19/h2-4,6-7,10-15,17,21-22H,5,8-9H2,1H3/b15-12+/t17-,21+,22?/m1/s1. The van der Waals surface area contributed by atoms with Crippen LogP contribution < -0.4 is 0 Å². The summed E-state index contributed by atoms with van der Waals surface area (Å²) >= 11 is 0. The molecule has 1 unspecified atom stereocenters. The Balaban J connectivity index is 1.76. The van der Waals surface area contributed by atoms with E-state index >= 15 is 0 Å². The Morgan fingerprint density at radius 2 is 1.78 bits per heavy atom. The minimum Gasteiger partial charge on any atom is -0.453 e. The van der Waals surface area contributed by atoms with Crippen molar-refractivity contribution >= 4 is 11.8 Å². The zero-order valence-electron chi connectivity index (χ0n) is 15.3. The zero-order chi connectivity index (χ0) is 19.2. The van der Waals surface area contributed by atoms with Crippen LogP contribution in [0, 0.1) is 17.7 Å². The number of carbonyl (C=O) groups is 2. The Labute approximate surface area is 158 Å². The molecule has 0 aliphatic heterocycles. The highest BCUT2D eigenvalue weighted by molar-refractivity contribution is 5.98. The molecular weight excluding hydrogens is 343 g/mol. The fourth-order valence-electron chi connectivity index (χ4n) is 3.66. The molecule has 0 amide bonds. The Bertz CT molecular complexity index is 811. The van der Waals surface area contributed by atoms with E-state index in [0.717, 1.165) is 24.8 Å². The van der Waals surface area contributed by atoms with Crippen molar-refractivity contribution in [3.8, 4) is 0 Å². The molecule has 1 saturated carbocycles. The highest BCUT2D eigenvalue weighted by Crippen LogP contribution is 2.36. The molecule has 2 aromatic rings. The molecule has 140 valence electrons. The van der Waals surface area contributed by atoms with E-state index in [1.807, 2.05) is 42.5 Å². The van der Waals surface area contributed by atoms with Crippen molar-refractivity contribution in [1.82, 2.24) is 0 Å². The van der Waals surface area contributed by atoms with Crippen LogP contribution in [0.25, 0.3) is 0 Å². The maximum atomic E-state index is 13.1. The van der Waals surface area contributed by atoms with E-state index in [4.69, 9.17) is 4.74 Å². The van der Waals surface area contributed by atoms with E-state index < -0.39 is 6.10 Å². The molecule has 0 aromatic heterocycles. The molecule has 1 fully saturated rings. The minimum atomic E-state index is -0.467. The summed E-state index contributed by atoms with van der Waals surface area (Å²) in [7, 11) is 0. The first kappa shape index (κ1) is 19.0. The smallest absolute Gasteiger partial charge is 0.303 e. The second-order valence-corrected chi connectivity index (χ2v) is 6.90. The summed E-state index contributed by atoms with van der Waals surface area (Å²) in [5, 5.41) is 0. The lowest BCUT2D eigenvalue weighted by Gasteiger charge is -2.18. The molecule has 0 heterocycles. The van der Waals surface area contributed by atoms with Crippen molar-refractivity contribution in [2.75, 3.05) is 0 Å². The molecule has 0 saturated heterocycles. The van der Waals surface area contributed by atoms with Crippen LogP contribution in [0.1, 0.15) is 48.2 Å². The number of ether oxygens (including phenoxy) is 1. The number of benzene rings is 2. The SMILES string of the molecule is CC(=O)OC(/C=C/[C@H]1CCC[C@@H]1C(=O)c1ccc(F)cc1)c1ccccc1. The summed E-state index contributed by atoms with van der Waals surface area (Å²) in [4.78, 5) is 24.3. The van der Waals surface area contributed by atoms with Crippen molar-refractivity contribution in [2.45, 2.75) is 32.3 Å². The molecule has 3 atom stereocenters. The van der Waals surface area contributed by atoms with E-state index in [-0.39, 0.29) is 29.4 Å². The fourth-order valence-corrected chi connectivity index (χ4v) is 3.66. The number of halogens is 1. The van der Waals surface area contributed by atoms with E-state index in [9.17, 15) is 14.0 Å². The second kappa shape index (κ2) is 8.76. The van der Waals surface area contributed by atoms with Gasteiger partial charge in [0, 0.05) is 18.4 Å². The summed E-state index contributed by atoms with van der Waals surface area (Å²) < 4.78 is 18.6. The molecule has 0 radical (unpaired) electrons. The van der Waals surface area contributed by atoms with Gasteiger partial charge >= 0.3 is 5.97 Å². The Morgan fingerprint density at radius 1 is 1.07 bits per heavy atom. The quantitative estimate of drug-likeness (QED) is 0.397. The zero-order valence-corrected chi connectivity index (χ0v) is 15.3. The maximum Gasteiger partial charge on any atom is 0.303 e. The second-order valence-electron chi connectivity index (χ2n) is 6.90. The van der Waals surface area contributed by atoms with Crippen LogP contribution in [-0.4, -0.2) is 11.8 Å². The molecule has 4 heteroatoms. The molecule has 3 rings (SSSR count). The van der Waals surface area contributed by atoms with Crippen LogP contribution in [0.3, 0.4) is 0 Å². The summed E-state index contributed by atoms with van der Waals surface area (Å²) in [5.74, 6) is -0.684. The van der Waals surface area contributed by atoms with Gasteiger partial charge in [0.1, 0.15) is 11.9 Å². The largest absolute Gasteiger partial charge is 0.453 e. The van der Waals surface area contributed by atoms with Gasteiger partial charge in [-0.3, -0.25) is 9.59 Å². The molecule has 3 nitrogen and oxygen atoms in total. The number of carbonyl (C=O) groups excluding carboxylic acids is 2. The van der Waals surface area contributed by atoms with Crippen LogP contribution in [-0.2, 0) is 9.53 Å². The van der Waals surface area contributed by atoms with Crippen molar-refractivity contribution < 1.29 is 18.7 Å². The Hall–Kier alpha value is -2.75. The fraction of sp³-hybridized carbons (Fsp3) is 0.304. The molecule has 2 aromatic carbocycles. The molecule has 1 aliphatic rings. The van der Waals surface area contributed by atoms with E-state index in [2.05, 4.69) is 0 Å². The predicted octanol–water partition coefficient (Wildman–Crippen LogP) is 5.29. The van der Waals surface area contributed by atoms with Crippen LogP contribution in [0.5, 0.6) is 0 Å². The number of hydrogen-bond donors (Lipinski definition) is 0. The summed E-state index contributed by atoms with van der Waals surface area (Å²) in [6, 6.07) is 15.3. The van der Waals surface area contributed by atoms with Gasteiger partial charge in [-0.15, -0.1) is 0 Å². The van der Waals surface area contributed by atoms with Crippen molar-refractivity contribution in [1.29, 1.82) is 0 Å². The molecular formula is C23H23FO3. The van der Waals surface area contributed by atoms with Gasteiger partial charge in [0.05, 0.1) is 0 Å². The first-order valence-corrected chi connectivity index (χ1v) is 9.25. The van der Waals surface area contributed by atoms with Gasteiger partial charge in [0.15, 0.2) is 5.78 Å². The maximum absolute atomic E-state index is 13.1. The number of hydrogen-bond acceptors (Lipinski definition) is 3. The van der Waals surface area contributed by atoms with Crippen LogP contribution >= 0.6 is 0 Å². The van der Waals surface area contributed by atoms with Gasteiger partial charge in [0.2, 0.25) is 0 Å². The van der Waals surface area contributed by atoms with Gasteiger partial charge in [-0.05, 0) is 54.7 Å². The summed E-state index contributed by atoms with van der Waals surface area (Å²) in [6.45, 7) is 1.39. The van der Waals surface area contributed by atoms with Gasteiger partial charge in [0.25, 0.3) is 0 Å². The normalized spacial score (nSPS) is 20.5. The summed E-state index contributed by atoms with van der Waals surface area (Å²) in [6.07, 6.45) is 6.10. The van der Waals surface area contributed by atoms with E-state index in [0.29, 0.717) is 5.56 Å². The first-order valence-electron chi connectivity index (χ1n) is 9.25. The third kappa shape index (κ3) is 4.91. The average Bonchev–Trinajstić information content (AvgIpc) is 3.14. The van der Waals surface area contributed by atoms with Crippen LogP contribution in [0.15, 0.2) is 66.7 Å². The third-order valence-corrected chi connectivity index (χ3v) is 4.99. The van der Waals surface area contributed by atoms with E-state index in [1.165, 1.54) is 19.1 Å². The number of allylic oxidation sites excluding steroid dienone is 1. The van der Waals surface area contributed by atoms with Crippen LogP contribution in [0.4, 0.5) is 4.39 Å². The first-order chi connectivity index (χ1) is 13.0. The number of rotatable bonds is 6. The molecule has 1 aliphatic carbocycles. The van der Waals surface area contributed by atoms with E-state index in [1.54, 1.807) is 12.1 Å². The Kier molecular flexibility index (Phi) is 6.17. The van der Waals surface area contributed by atoms with Gasteiger partial charge in [-0.1, -0.05) is 42.8 Å². The summed E-state index contributed by atoms with van der Waals surface area (Å²) in [5.41, 5.74) is 1.43. The van der Waals surface area contributed by atoms with Crippen molar-refractivity contribution in [3.63, 3.8) is 0 Å². The lowest BCUT2D eigenvalue weighted by molar-refractivity contribution is -0.144. The highest BCUT2D eigenvalue weighted by atomic mass is 19.1. The Morgan fingerprint density at radius 3 is 2.44 bits per heavy atom. The van der Waals surface area contributed by atoms with Crippen LogP contribution in [0.2, 0.25) is 0 Å². The highest BCUT2D eigenvalue weighted by Gasteiger charge is 2.32. The van der Waals surface area contributed by atoms with Gasteiger partial charge in [-0.25, -0.2) is 4.39 Å². The molecule has 0 N–H and O–H groups in total. The lowest BCUT2D eigenvalue weighted by Crippen LogP contribution is -2.18. The van der Waals surface area contributed by atoms with Crippen molar-refractivity contribution in [3.05, 3.63) is 83.7 Å². The predicted molar refractivity (Wildman–Crippen MR) is 102 cm³/mol. The molecule has 27 heavy (non-hydrogen) atoms. The minimum absolute atomic E-state index is 0.0471. The van der Waals surface area contributed by atoms with Gasteiger partial charge in [-0.2, -0.15) is 0 Å². The molecule has 0 spiro atoms. The number of ketones is 1. The topological polar surface area (TPSA) is 43.4 Å². The molecule has 0 bridgehead atoms. The third-order valence-electron chi connectivity index (χ3n) is 4.99. The number of esters is 1. The lowest BCUT2D eigenvalue weighted by atomic mass is 9.87. The van der Waals surface area contributed by atoms with Crippen molar-refractivity contribution in [2.24, 2.45) is 11.8 Å².